The number of anilines is 3. The van der Waals surface area contributed by atoms with Gasteiger partial charge in [0.2, 0.25) is 20.0 Å². The molecule has 0 saturated carbocycles. The van der Waals surface area contributed by atoms with Crippen molar-refractivity contribution in [1.82, 2.24) is 0 Å². The first-order chi connectivity index (χ1) is 13.2. The molecule has 0 unspecified atom stereocenters. The summed E-state index contributed by atoms with van der Waals surface area (Å²) in [6.45, 7) is 1.99. The summed E-state index contributed by atoms with van der Waals surface area (Å²) in [6.07, 6.45) is 0.592. The van der Waals surface area contributed by atoms with Gasteiger partial charge in [0.1, 0.15) is 0 Å². The third-order valence-electron chi connectivity index (χ3n) is 4.31. The maximum absolute atomic E-state index is 12.4. The summed E-state index contributed by atoms with van der Waals surface area (Å²) in [6, 6.07) is 12.7. The molecule has 0 radical (unpaired) electrons. The summed E-state index contributed by atoms with van der Waals surface area (Å²) in [7, 11) is -6.61. The van der Waals surface area contributed by atoms with Crippen LogP contribution in [0.4, 0.5) is 17.1 Å². The molecule has 0 aliphatic carbocycles. The zero-order valence-corrected chi connectivity index (χ0v) is 16.9. The highest BCUT2D eigenvalue weighted by molar-refractivity contribution is 7.93. The molecular weight excluding hydrogens is 402 g/mol. The molecule has 1 fully saturated rings. The Labute approximate surface area is 164 Å². The fourth-order valence-electron chi connectivity index (χ4n) is 2.79. The van der Waals surface area contributed by atoms with Gasteiger partial charge in [-0.15, -0.1) is 0 Å². The SMILES string of the molecule is CCS(=O)(=O)Nc1ccc(NC(=O)c2ccc(N3CCCS3(=O)=O)cc2)cc1. The summed E-state index contributed by atoms with van der Waals surface area (Å²) in [5.41, 5.74) is 1.85. The molecule has 8 nitrogen and oxygen atoms in total. The van der Waals surface area contributed by atoms with Gasteiger partial charge < -0.3 is 5.32 Å². The summed E-state index contributed by atoms with van der Waals surface area (Å²) in [5, 5.41) is 2.72. The van der Waals surface area contributed by atoms with Crippen LogP contribution >= 0.6 is 0 Å². The van der Waals surface area contributed by atoms with Crippen LogP contribution in [-0.4, -0.2) is 40.8 Å². The molecule has 3 rings (SSSR count). The van der Waals surface area contributed by atoms with E-state index in [-0.39, 0.29) is 17.4 Å². The molecular formula is C18H21N3O5S2. The standard InChI is InChI=1S/C18H21N3O5S2/c1-2-27(23,24)20-16-8-6-15(7-9-16)19-18(22)14-4-10-17(11-5-14)21-12-3-13-28(21,25)26/h4-11,20H,2-3,12-13H2,1H3,(H,19,22). The van der Waals surface area contributed by atoms with E-state index < -0.39 is 20.0 Å². The Morgan fingerprint density at radius 1 is 1.04 bits per heavy atom. The van der Waals surface area contributed by atoms with Crippen molar-refractivity contribution in [1.29, 1.82) is 0 Å². The van der Waals surface area contributed by atoms with Gasteiger partial charge in [-0.25, -0.2) is 16.8 Å². The van der Waals surface area contributed by atoms with Gasteiger partial charge >= 0.3 is 0 Å². The first-order valence-electron chi connectivity index (χ1n) is 8.72. The van der Waals surface area contributed by atoms with Gasteiger partial charge in [0, 0.05) is 23.5 Å². The quantitative estimate of drug-likeness (QED) is 0.740. The zero-order valence-electron chi connectivity index (χ0n) is 15.3. The lowest BCUT2D eigenvalue weighted by molar-refractivity contribution is 0.102. The Morgan fingerprint density at radius 2 is 1.64 bits per heavy atom. The number of nitrogens with one attached hydrogen (secondary N) is 2. The number of benzene rings is 2. The highest BCUT2D eigenvalue weighted by Gasteiger charge is 2.28. The molecule has 10 heteroatoms. The molecule has 1 aliphatic heterocycles. The van der Waals surface area contributed by atoms with Crippen LogP contribution in [-0.2, 0) is 20.0 Å². The third kappa shape index (κ3) is 4.63. The Morgan fingerprint density at radius 3 is 2.18 bits per heavy atom. The van der Waals surface area contributed by atoms with Crippen molar-refractivity contribution in [2.45, 2.75) is 13.3 Å². The van der Waals surface area contributed by atoms with Crippen molar-refractivity contribution < 1.29 is 21.6 Å². The number of carbonyl (C=O) groups is 1. The third-order valence-corrected chi connectivity index (χ3v) is 7.49. The fourth-order valence-corrected chi connectivity index (χ4v) is 4.99. The molecule has 1 heterocycles. The van der Waals surface area contributed by atoms with Crippen LogP contribution in [0, 0.1) is 0 Å². The average Bonchev–Trinajstić information content (AvgIpc) is 3.02. The molecule has 2 N–H and O–H groups in total. The molecule has 0 bridgehead atoms. The predicted octanol–water partition coefficient (Wildman–Crippen LogP) is 2.24. The van der Waals surface area contributed by atoms with Crippen LogP contribution < -0.4 is 14.3 Å². The van der Waals surface area contributed by atoms with Gasteiger partial charge in [0.15, 0.2) is 0 Å². The maximum atomic E-state index is 12.4. The first-order valence-corrected chi connectivity index (χ1v) is 12.0. The molecule has 28 heavy (non-hydrogen) atoms. The topological polar surface area (TPSA) is 113 Å². The summed E-state index contributed by atoms with van der Waals surface area (Å²) < 4.78 is 50.8. The summed E-state index contributed by atoms with van der Waals surface area (Å²) >= 11 is 0. The Kier molecular flexibility index (Phi) is 5.61. The van der Waals surface area contributed by atoms with Gasteiger partial charge in [0.05, 0.1) is 17.2 Å². The van der Waals surface area contributed by atoms with Gasteiger partial charge in [-0.2, -0.15) is 0 Å². The second-order valence-corrected chi connectivity index (χ2v) is 10.3. The van der Waals surface area contributed by atoms with E-state index in [1.54, 1.807) is 55.5 Å². The lowest BCUT2D eigenvalue weighted by Gasteiger charge is -2.17. The van der Waals surface area contributed by atoms with E-state index in [1.807, 2.05) is 0 Å². The Hall–Kier alpha value is -2.59. The number of hydrogen-bond donors (Lipinski definition) is 2. The number of amides is 1. The smallest absolute Gasteiger partial charge is 0.255 e. The first kappa shape index (κ1) is 20.2. The minimum absolute atomic E-state index is 0.0276. The Balaban J connectivity index is 1.66. The number of nitrogens with zero attached hydrogens (tertiary/aromatic N) is 1. The second-order valence-electron chi connectivity index (χ2n) is 6.33. The van der Waals surface area contributed by atoms with Crippen molar-refractivity contribution in [2.24, 2.45) is 0 Å². The van der Waals surface area contributed by atoms with Gasteiger partial charge in [-0.05, 0) is 61.9 Å². The van der Waals surface area contributed by atoms with Crippen molar-refractivity contribution in [2.75, 3.05) is 32.4 Å². The highest BCUT2D eigenvalue weighted by atomic mass is 32.2. The monoisotopic (exact) mass is 423 g/mol. The Bertz CT molecular complexity index is 1060. The van der Waals surface area contributed by atoms with Crippen LogP contribution in [0.25, 0.3) is 0 Å². The summed E-state index contributed by atoms with van der Waals surface area (Å²) in [4.78, 5) is 12.4. The minimum atomic E-state index is -3.36. The van der Waals surface area contributed by atoms with E-state index in [4.69, 9.17) is 0 Å². The lowest BCUT2D eigenvalue weighted by Crippen LogP contribution is -2.25. The number of carbonyl (C=O) groups excluding carboxylic acids is 1. The van der Waals surface area contributed by atoms with Crippen molar-refractivity contribution >= 4 is 43.0 Å². The van der Waals surface area contributed by atoms with E-state index in [9.17, 15) is 21.6 Å². The van der Waals surface area contributed by atoms with Crippen LogP contribution in [0.1, 0.15) is 23.7 Å². The number of hydrogen-bond acceptors (Lipinski definition) is 5. The molecule has 2 aromatic rings. The number of sulfonamides is 2. The molecule has 2 aromatic carbocycles. The molecule has 0 atom stereocenters. The molecule has 1 saturated heterocycles. The van der Waals surface area contributed by atoms with Gasteiger partial charge in [0.25, 0.3) is 5.91 Å². The van der Waals surface area contributed by atoms with E-state index in [0.29, 0.717) is 35.6 Å². The second kappa shape index (κ2) is 7.80. The van der Waals surface area contributed by atoms with Crippen molar-refractivity contribution in [3.05, 3.63) is 54.1 Å². The van der Waals surface area contributed by atoms with E-state index in [0.717, 1.165) is 0 Å². The zero-order chi connectivity index (χ0) is 20.4. The normalized spacial score (nSPS) is 16.0. The molecule has 1 aliphatic rings. The van der Waals surface area contributed by atoms with Gasteiger partial charge in [-0.1, -0.05) is 0 Å². The van der Waals surface area contributed by atoms with Crippen molar-refractivity contribution in [3.63, 3.8) is 0 Å². The summed E-state index contributed by atoms with van der Waals surface area (Å²) in [5.74, 6) is -0.238. The molecule has 0 spiro atoms. The van der Waals surface area contributed by atoms with Crippen LogP contribution in [0.5, 0.6) is 0 Å². The number of rotatable bonds is 6. The average molecular weight is 424 g/mol. The van der Waals surface area contributed by atoms with Crippen LogP contribution in [0.15, 0.2) is 48.5 Å². The van der Waals surface area contributed by atoms with Gasteiger partial charge in [-0.3, -0.25) is 13.8 Å². The van der Waals surface area contributed by atoms with Crippen LogP contribution in [0.3, 0.4) is 0 Å². The van der Waals surface area contributed by atoms with E-state index in [2.05, 4.69) is 10.0 Å². The largest absolute Gasteiger partial charge is 0.322 e. The maximum Gasteiger partial charge on any atom is 0.255 e. The molecule has 1 amide bonds. The van der Waals surface area contributed by atoms with E-state index in [1.165, 1.54) is 4.31 Å². The fraction of sp³-hybridized carbons (Fsp3) is 0.278. The predicted molar refractivity (Wildman–Crippen MR) is 110 cm³/mol. The van der Waals surface area contributed by atoms with Crippen LogP contribution in [0.2, 0.25) is 0 Å². The lowest BCUT2D eigenvalue weighted by atomic mass is 10.2. The highest BCUT2D eigenvalue weighted by Crippen LogP contribution is 2.24. The van der Waals surface area contributed by atoms with Crippen molar-refractivity contribution in [3.8, 4) is 0 Å². The minimum Gasteiger partial charge on any atom is -0.322 e. The molecule has 0 aromatic heterocycles. The molecule has 150 valence electrons. The van der Waals surface area contributed by atoms with E-state index >= 15 is 0 Å².